The summed E-state index contributed by atoms with van der Waals surface area (Å²) in [6.45, 7) is 4.12. The van der Waals surface area contributed by atoms with Gasteiger partial charge in [0.15, 0.2) is 0 Å². The van der Waals surface area contributed by atoms with Crippen LogP contribution < -0.4 is 10.5 Å². The highest BCUT2D eigenvalue weighted by Crippen LogP contribution is 2.23. The highest BCUT2D eigenvalue weighted by molar-refractivity contribution is 7.89. The molecule has 1 aromatic heterocycles. The molecule has 0 amide bonds. The van der Waals surface area contributed by atoms with Gasteiger partial charge in [0, 0.05) is 11.4 Å². The zero-order valence-corrected chi connectivity index (χ0v) is 13.8. The Morgan fingerprint density at radius 3 is 2.67 bits per heavy atom. The average molecular weight is 324 g/mol. The van der Waals surface area contributed by atoms with Crippen molar-refractivity contribution in [3.05, 3.63) is 51.7 Å². The van der Waals surface area contributed by atoms with E-state index >= 15 is 0 Å². The minimum Gasteiger partial charge on any atom is -0.326 e. The largest absolute Gasteiger partial charge is 0.326 e. The van der Waals surface area contributed by atoms with E-state index in [1.165, 1.54) is 11.3 Å². The molecule has 0 aliphatic carbocycles. The predicted octanol–water partition coefficient (Wildman–Crippen LogP) is 2.81. The molecule has 21 heavy (non-hydrogen) atoms. The summed E-state index contributed by atoms with van der Waals surface area (Å²) in [5.74, 6) is 0. The molecule has 0 aliphatic rings. The van der Waals surface area contributed by atoms with Crippen molar-refractivity contribution in [2.24, 2.45) is 5.73 Å². The van der Waals surface area contributed by atoms with Crippen LogP contribution in [0, 0.1) is 0 Å². The summed E-state index contributed by atoms with van der Waals surface area (Å²) in [7, 11) is -3.56. The maximum atomic E-state index is 12.6. The number of sulfonamides is 1. The fourth-order valence-electron chi connectivity index (χ4n) is 2.16. The summed E-state index contributed by atoms with van der Waals surface area (Å²) >= 11 is 1.54. The smallest absolute Gasteiger partial charge is 0.241 e. The van der Waals surface area contributed by atoms with Gasteiger partial charge in [-0.05, 0) is 42.0 Å². The maximum Gasteiger partial charge on any atom is 0.241 e. The van der Waals surface area contributed by atoms with Gasteiger partial charge in [-0.15, -0.1) is 11.3 Å². The zero-order chi connectivity index (χ0) is 15.5. The molecule has 1 unspecified atom stereocenters. The molecule has 0 aliphatic heterocycles. The third-order valence-corrected chi connectivity index (χ3v) is 6.02. The minimum atomic E-state index is -3.56. The van der Waals surface area contributed by atoms with E-state index < -0.39 is 10.0 Å². The molecular weight excluding hydrogens is 304 g/mol. The van der Waals surface area contributed by atoms with Crippen LogP contribution >= 0.6 is 11.3 Å². The Bertz CT molecular complexity index is 694. The summed E-state index contributed by atoms with van der Waals surface area (Å²) in [6.07, 6.45) is 0.661. The Morgan fingerprint density at radius 1 is 1.33 bits per heavy atom. The summed E-state index contributed by atoms with van der Waals surface area (Å²) in [5, 5.41) is 1.94. The zero-order valence-electron chi connectivity index (χ0n) is 12.2. The summed E-state index contributed by atoms with van der Waals surface area (Å²) < 4.78 is 28.0. The Hall–Kier alpha value is -1.21. The van der Waals surface area contributed by atoms with Crippen molar-refractivity contribution in [3.8, 4) is 0 Å². The van der Waals surface area contributed by atoms with Gasteiger partial charge in [0.05, 0.1) is 10.9 Å². The van der Waals surface area contributed by atoms with Crippen LogP contribution in [0.1, 0.15) is 35.9 Å². The van der Waals surface area contributed by atoms with Crippen molar-refractivity contribution in [3.63, 3.8) is 0 Å². The van der Waals surface area contributed by atoms with Crippen LogP contribution in [0.5, 0.6) is 0 Å². The van der Waals surface area contributed by atoms with Crippen LogP contribution in [-0.4, -0.2) is 8.42 Å². The van der Waals surface area contributed by atoms with Crippen LogP contribution in [-0.2, 0) is 23.0 Å². The minimum absolute atomic E-state index is 0.249. The Kier molecular flexibility index (Phi) is 5.16. The van der Waals surface area contributed by atoms with Crippen molar-refractivity contribution >= 4 is 21.4 Å². The fourth-order valence-corrected chi connectivity index (χ4v) is 4.55. The van der Waals surface area contributed by atoms with Crippen molar-refractivity contribution in [2.45, 2.75) is 37.8 Å². The van der Waals surface area contributed by atoms with E-state index in [1.807, 2.05) is 43.5 Å². The number of thiophene rings is 1. The van der Waals surface area contributed by atoms with Crippen LogP contribution in [0.25, 0.3) is 0 Å². The first-order valence-electron chi connectivity index (χ1n) is 6.85. The summed E-state index contributed by atoms with van der Waals surface area (Å²) in [5.41, 5.74) is 7.24. The topological polar surface area (TPSA) is 72.2 Å². The molecule has 2 rings (SSSR count). The van der Waals surface area contributed by atoms with Gasteiger partial charge in [0.2, 0.25) is 10.0 Å². The molecule has 1 atom stereocenters. The molecule has 0 saturated heterocycles. The van der Waals surface area contributed by atoms with E-state index in [0.717, 1.165) is 16.0 Å². The van der Waals surface area contributed by atoms with Gasteiger partial charge in [0.25, 0.3) is 0 Å². The lowest BCUT2D eigenvalue weighted by atomic mass is 10.1. The van der Waals surface area contributed by atoms with E-state index in [-0.39, 0.29) is 6.04 Å². The van der Waals surface area contributed by atoms with Gasteiger partial charge < -0.3 is 5.73 Å². The molecule has 0 bridgehead atoms. The Labute approximate surface area is 130 Å². The number of benzene rings is 1. The van der Waals surface area contributed by atoms with E-state index in [0.29, 0.717) is 17.9 Å². The molecule has 4 nitrogen and oxygen atoms in total. The molecule has 114 valence electrons. The Morgan fingerprint density at radius 2 is 2.10 bits per heavy atom. The number of rotatable bonds is 6. The normalized spacial score (nSPS) is 13.3. The monoisotopic (exact) mass is 324 g/mol. The first-order chi connectivity index (χ1) is 9.97. The first-order valence-corrected chi connectivity index (χ1v) is 9.21. The molecule has 0 fully saturated rings. The summed E-state index contributed by atoms with van der Waals surface area (Å²) in [4.78, 5) is 1.32. The molecule has 0 radical (unpaired) electrons. The maximum absolute atomic E-state index is 12.6. The van der Waals surface area contributed by atoms with Gasteiger partial charge >= 0.3 is 0 Å². The van der Waals surface area contributed by atoms with Crippen LogP contribution in [0.15, 0.2) is 40.6 Å². The van der Waals surface area contributed by atoms with E-state index in [9.17, 15) is 8.42 Å². The summed E-state index contributed by atoms with van der Waals surface area (Å²) in [6, 6.07) is 8.97. The molecule has 6 heteroatoms. The second kappa shape index (κ2) is 6.70. The van der Waals surface area contributed by atoms with Crippen LogP contribution in [0.2, 0.25) is 0 Å². The molecule has 1 heterocycles. The molecule has 0 spiro atoms. The molecule has 3 N–H and O–H groups in total. The van der Waals surface area contributed by atoms with E-state index in [4.69, 9.17) is 5.73 Å². The highest BCUT2D eigenvalue weighted by atomic mass is 32.2. The van der Waals surface area contributed by atoms with Crippen LogP contribution in [0.4, 0.5) is 0 Å². The lowest BCUT2D eigenvalue weighted by Gasteiger charge is -2.16. The van der Waals surface area contributed by atoms with Gasteiger partial charge in [-0.2, -0.15) is 0 Å². The van der Waals surface area contributed by atoms with Gasteiger partial charge in [0.1, 0.15) is 0 Å². The van der Waals surface area contributed by atoms with Crippen molar-refractivity contribution < 1.29 is 8.42 Å². The third-order valence-electron chi connectivity index (χ3n) is 3.34. The lowest BCUT2D eigenvalue weighted by molar-refractivity contribution is 0.567. The van der Waals surface area contributed by atoms with Gasteiger partial charge in [-0.25, -0.2) is 13.1 Å². The third kappa shape index (κ3) is 3.71. The number of hydrogen-bond acceptors (Lipinski definition) is 4. The molecular formula is C15H20N2O2S2. The van der Waals surface area contributed by atoms with Crippen LogP contribution in [0.3, 0.4) is 0 Å². The Balaban J connectivity index is 2.34. The first kappa shape index (κ1) is 16.2. The van der Waals surface area contributed by atoms with E-state index in [1.54, 1.807) is 6.07 Å². The van der Waals surface area contributed by atoms with Crippen molar-refractivity contribution in [1.29, 1.82) is 0 Å². The number of aryl methyl sites for hydroxylation is 1. The molecule has 2 aromatic rings. The SMILES string of the molecule is CCc1ccc(CN)cc1S(=O)(=O)NC(C)c1cccs1. The van der Waals surface area contributed by atoms with Crippen molar-refractivity contribution in [2.75, 3.05) is 0 Å². The number of nitrogens with one attached hydrogen (secondary N) is 1. The molecule has 1 aromatic carbocycles. The lowest BCUT2D eigenvalue weighted by Crippen LogP contribution is -2.27. The second-order valence-corrected chi connectivity index (χ2v) is 7.52. The number of nitrogens with two attached hydrogens (primary N) is 1. The van der Waals surface area contributed by atoms with E-state index in [2.05, 4.69) is 4.72 Å². The highest BCUT2D eigenvalue weighted by Gasteiger charge is 2.21. The predicted molar refractivity (Wildman–Crippen MR) is 86.8 cm³/mol. The fraction of sp³-hybridized carbons (Fsp3) is 0.333. The van der Waals surface area contributed by atoms with Gasteiger partial charge in [-0.1, -0.05) is 25.1 Å². The standard InChI is InChI=1S/C15H20N2O2S2/c1-3-13-7-6-12(10-16)9-15(13)21(18,19)17-11(2)14-5-4-8-20-14/h4-9,11,17H,3,10,16H2,1-2H3. The second-order valence-electron chi connectivity index (χ2n) is 4.86. The quantitative estimate of drug-likeness (QED) is 0.858. The average Bonchev–Trinajstić information content (AvgIpc) is 3.00. The van der Waals surface area contributed by atoms with Crippen molar-refractivity contribution in [1.82, 2.24) is 4.72 Å². The number of hydrogen-bond donors (Lipinski definition) is 2. The van der Waals surface area contributed by atoms with Gasteiger partial charge in [-0.3, -0.25) is 0 Å². The molecule has 0 saturated carbocycles.